The van der Waals surface area contributed by atoms with Crippen molar-refractivity contribution in [2.24, 2.45) is 11.8 Å². The Morgan fingerprint density at radius 3 is 2.83 bits per heavy atom. The van der Waals surface area contributed by atoms with E-state index in [1.54, 1.807) is 0 Å². The van der Waals surface area contributed by atoms with E-state index in [9.17, 15) is 4.79 Å². The molecule has 3 heteroatoms. The molecule has 2 aliphatic carbocycles. The summed E-state index contributed by atoms with van der Waals surface area (Å²) in [4.78, 5) is 14.4. The number of carbonyl (C=O) groups excluding carboxylic acids is 1. The summed E-state index contributed by atoms with van der Waals surface area (Å²) in [6.45, 7) is 2.64. The number of carbonyl (C=O) groups is 1. The van der Waals surface area contributed by atoms with E-state index < -0.39 is 0 Å². The van der Waals surface area contributed by atoms with E-state index in [2.05, 4.69) is 12.2 Å². The van der Waals surface area contributed by atoms with Crippen LogP contribution < -0.4 is 0 Å². The Labute approximate surface area is 109 Å². The minimum absolute atomic E-state index is 0.234. The normalized spacial score (nSPS) is 31.9. The highest BCUT2D eigenvalue weighted by atomic mass is 16.5. The summed E-state index contributed by atoms with van der Waals surface area (Å²) in [5.74, 6) is 1.41. The zero-order valence-corrected chi connectivity index (χ0v) is 11.0. The molecule has 1 aliphatic heterocycles. The Hall–Kier alpha value is -0.830. The van der Waals surface area contributed by atoms with E-state index in [0.29, 0.717) is 12.0 Å². The van der Waals surface area contributed by atoms with Crippen molar-refractivity contribution in [2.75, 3.05) is 19.7 Å². The van der Waals surface area contributed by atoms with E-state index in [1.807, 2.05) is 4.90 Å². The van der Waals surface area contributed by atoms with Crippen LogP contribution in [0.2, 0.25) is 0 Å². The van der Waals surface area contributed by atoms with E-state index in [1.165, 1.54) is 12.8 Å². The Balaban J connectivity index is 1.45. The molecule has 0 aromatic heterocycles. The summed E-state index contributed by atoms with van der Waals surface area (Å²) < 4.78 is 5.89. The number of hydrogen-bond donors (Lipinski definition) is 0. The van der Waals surface area contributed by atoms with Crippen LogP contribution in [0.5, 0.6) is 0 Å². The van der Waals surface area contributed by atoms with Gasteiger partial charge in [0, 0.05) is 25.6 Å². The number of allylic oxidation sites excluding steroid dienone is 2. The zero-order chi connectivity index (χ0) is 12.4. The van der Waals surface area contributed by atoms with Gasteiger partial charge in [0.25, 0.3) is 0 Å². The molecule has 1 saturated heterocycles. The van der Waals surface area contributed by atoms with Crippen LogP contribution in [0.3, 0.4) is 0 Å². The van der Waals surface area contributed by atoms with Gasteiger partial charge in [-0.1, -0.05) is 12.2 Å². The average Bonchev–Trinajstić information content (AvgIpc) is 3.14. The third kappa shape index (κ3) is 2.94. The minimum atomic E-state index is 0.234. The van der Waals surface area contributed by atoms with Gasteiger partial charge in [0.1, 0.15) is 0 Å². The molecule has 1 heterocycles. The molecule has 3 rings (SSSR count). The minimum Gasteiger partial charge on any atom is -0.376 e. The van der Waals surface area contributed by atoms with Gasteiger partial charge < -0.3 is 9.64 Å². The predicted molar refractivity (Wildman–Crippen MR) is 70.1 cm³/mol. The third-order valence-corrected chi connectivity index (χ3v) is 4.34. The molecule has 0 unspecified atom stereocenters. The summed E-state index contributed by atoms with van der Waals surface area (Å²) in [6.07, 6.45) is 11.4. The first-order valence-electron chi connectivity index (χ1n) is 7.38. The summed E-state index contributed by atoms with van der Waals surface area (Å²) in [7, 11) is 0. The van der Waals surface area contributed by atoms with Crippen LogP contribution in [-0.2, 0) is 9.53 Å². The Kier molecular flexibility index (Phi) is 3.69. The smallest absolute Gasteiger partial charge is 0.226 e. The van der Waals surface area contributed by atoms with Crippen LogP contribution in [-0.4, -0.2) is 36.6 Å². The zero-order valence-electron chi connectivity index (χ0n) is 11.0. The largest absolute Gasteiger partial charge is 0.376 e. The molecule has 1 amide bonds. The van der Waals surface area contributed by atoms with Crippen LogP contribution in [0.4, 0.5) is 0 Å². The van der Waals surface area contributed by atoms with Crippen molar-refractivity contribution < 1.29 is 9.53 Å². The number of rotatable bonds is 4. The summed E-state index contributed by atoms with van der Waals surface area (Å²) in [6, 6.07) is 0. The fourth-order valence-corrected chi connectivity index (χ4v) is 2.90. The molecule has 0 aromatic rings. The molecule has 18 heavy (non-hydrogen) atoms. The maximum absolute atomic E-state index is 12.3. The molecular weight excluding hydrogens is 226 g/mol. The third-order valence-electron chi connectivity index (χ3n) is 4.34. The van der Waals surface area contributed by atoms with Gasteiger partial charge in [-0.2, -0.15) is 0 Å². The molecule has 0 N–H and O–H groups in total. The van der Waals surface area contributed by atoms with Crippen molar-refractivity contribution in [3.63, 3.8) is 0 Å². The first-order valence-corrected chi connectivity index (χ1v) is 7.38. The fourth-order valence-electron chi connectivity index (χ4n) is 2.90. The molecule has 0 bridgehead atoms. The topological polar surface area (TPSA) is 29.5 Å². The molecule has 3 nitrogen and oxygen atoms in total. The number of nitrogens with zero attached hydrogens (tertiary/aromatic N) is 1. The summed E-state index contributed by atoms with van der Waals surface area (Å²) in [5.41, 5.74) is 0. The lowest BCUT2D eigenvalue weighted by molar-refractivity contribution is -0.135. The molecule has 0 aromatic carbocycles. The van der Waals surface area contributed by atoms with Gasteiger partial charge in [-0.15, -0.1) is 0 Å². The SMILES string of the molecule is O=C([C@H]1CC=CCC1)N1CC[C@@H](OCC2CC2)C1. The Bertz CT molecular complexity index is 335. The second-order valence-electron chi connectivity index (χ2n) is 5.95. The van der Waals surface area contributed by atoms with Crippen LogP contribution in [0, 0.1) is 11.8 Å². The van der Waals surface area contributed by atoms with Gasteiger partial charge in [0.15, 0.2) is 0 Å². The molecule has 3 aliphatic rings. The van der Waals surface area contributed by atoms with Crippen LogP contribution >= 0.6 is 0 Å². The molecule has 2 atom stereocenters. The lowest BCUT2D eigenvalue weighted by Gasteiger charge is -2.24. The van der Waals surface area contributed by atoms with Gasteiger partial charge in [0.2, 0.25) is 5.91 Å². The highest BCUT2D eigenvalue weighted by molar-refractivity contribution is 5.79. The molecular formula is C15H23NO2. The van der Waals surface area contributed by atoms with Crippen LogP contribution in [0.25, 0.3) is 0 Å². The van der Waals surface area contributed by atoms with Gasteiger partial charge >= 0.3 is 0 Å². The summed E-state index contributed by atoms with van der Waals surface area (Å²) >= 11 is 0. The number of amides is 1. The Morgan fingerprint density at radius 1 is 1.22 bits per heavy atom. The van der Waals surface area contributed by atoms with E-state index in [4.69, 9.17) is 4.74 Å². The first-order chi connectivity index (χ1) is 8.83. The number of likely N-dealkylation sites (tertiary alicyclic amines) is 1. The van der Waals surface area contributed by atoms with Crippen molar-refractivity contribution in [3.8, 4) is 0 Å². The van der Waals surface area contributed by atoms with Crippen LogP contribution in [0.15, 0.2) is 12.2 Å². The molecule has 0 spiro atoms. The highest BCUT2D eigenvalue weighted by Crippen LogP contribution is 2.30. The van der Waals surface area contributed by atoms with Gasteiger partial charge in [-0.25, -0.2) is 0 Å². The highest BCUT2D eigenvalue weighted by Gasteiger charge is 2.32. The second-order valence-corrected chi connectivity index (χ2v) is 5.95. The predicted octanol–water partition coefficient (Wildman–Crippen LogP) is 2.37. The van der Waals surface area contributed by atoms with E-state index in [0.717, 1.165) is 51.3 Å². The van der Waals surface area contributed by atoms with E-state index >= 15 is 0 Å². The van der Waals surface area contributed by atoms with Crippen molar-refractivity contribution >= 4 is 5.91 Å². The number of hydrogen-bond acceptors (Lipinski definition) is 2. The standard InChI is InChI=1S/C15H23NO2/c17-15(13-4-2-1-3-5-13)16-9-8-14(10-16)18-11-12-6-7-12/h1-2,12-14H,3-11H2/t13-,14+/m0/s1. The Morgan fingerprint density at radius 2 is 2.11 bits per heavy atom. The number of ether oxygens (including phenoxy) is 1. The van der Waals surface area contributed by atoms with Gasteiger partial charge in [0.05, 0.1) is 6.10 Å². The first kappa shape index (κ1) is 12.2. The van der Waals surface area contributed by atoms with Crippen LogP contribution in [0.1, 0.15) is 38.5 Å². The van der Waals surface area contributed by atoms with Gasteiger partial charge in [-0.05, 0) is 44.4 Å². The van der Waals surface area contributed by atoms with Crippen molar-refractivity contribution in [3.05, 3.63) is 12.2 Å². The van der Waals surface area contributed by atoms with Crippen molar-refractivity contribution in [1.29, 1.82) is 0 Å². The monoisotopic (exact) mass is 249 g/mol. The lowest BCUT2D eigenvalue weighted by Crippen LogP contribution is -2.35. The molecule has 100 valence electrons. The fraction of sp³-hybridized carbons (Fsp3) is 0.800. The molecule has 1 saturated carbocycles. The second kappa shape index (κ2) is 5.43. The van der Waals surface area contributed by atoms with Gasteiger partial charge in [-0.3, -0.25) is 4.79 Å². The average molecular weight is 249 g/mol. The summed E-state index contributed by atoms with van der Waals surface area (Å²) in [5, 5.41) is 0. The van der Waals surface area contributed by atoms with Crippen molar-refractivity contribution in [2.45, 2.75) is 44.6 Å². The maximum Gasteiger partial charge on any atom is 0.226 e. The van der Waals surface area contributed by atoms with E-state index in [-0.39, 0.29) is 5.92 Å². The lowest BCUT2D eigenvalue weighted by atomic mass is 9.93. The van der Waals surface area contributed by atoms with Crippen molar-refractivity contribution in [1.82, 2.24) is 4.90 Å². The maximum atomic E-state index is 12.3. The molecule has 0 radical (unpaired) electrons. The molecule has 2 fully saturated rings. The quantitative estimate of drug-likeness (QED) is 0.716.